The van der Waals surface area contributed by atoms with Gasteiger partial charge in [-0.1, -0.05) is 52.1 Å². The molecule has 1 amide bonds. The molecule has 0 unspecified atom stereocenters. The molecule has 2 aromatic heterocycles. The first-order valence-electron chi connectivity index (χ1n) is 13.9. The molecule has 228 valence electrons. The standard InChI is InChI=1S/C31H24Cl3FN8O2/c32-19-3-1-17(2-4-19)29(27-16-43(41-40-27)22-7-9-42(10-8-22)31(44)45)39-21-11-23-28(38-20-5-6-26(35)24(33)12-20)18(14-36)15-37-30(23)25(34)13-21/h1-6,11-13,15-16,22,29,39H,7-10H2,(H,37,38)(H,44,45)/t29-/m1/s1. The van der Waals surface area contributed by atoms with Crippen molar-refractivity contribution < 1.29 is 14.3 Å². The number of piperidine rings is 1. The number of hydrogen-bond acceptors (Lipinski definition) is 7. The van der Waals surface area contributed by atoms with Crippen molar-refractivity contribution >= 4 is 68.9 Å². The van der Waals surface area contributed by atoms with E-state index in [2.05, 4.69) is 32.0 Å². The van der Waals surface area contributed by atoms with Gasteiger partial charge >= 0.3 is 6.09 Å². The van der Waals surface area contributed by atoms with E-state index in [1.807, 2.05) is 24.4 Å². The van der Waals surface area contributed by atoms with Crippen molar-refractivity contribution in [2.24, 2.45) is 0 Å². The largest absolute Gasteiger partial charge is 0.465 e. The molecule has 45 heavy (non-hydrogen) atoms. The number of pyridine rings is 1. The number of rotatable bonds is 7. The molecule has 5 aromatic rings. The number of nitrogens with one attached hydrogen (secondary N) is 2. The Balaban J connectivity index is 1.37. The zero-order valence-corrected chi connectivity index (χ0v) is 25.7. The fourth-order valence-electron chi connectivity index (χ4n) is 5.35. The van der Waals surface area contributed by atoms with Gasteiger partial charge in [-0.25, -0.2) is 13.9 Å². The van der Waals surface area contributed by atoms with Crippen LogP contribution in [0.5, 0.6) is 0 Å². The molecule has 1 fully saturated rings. The summed E-state index contributed by atoms with van der Waals surface area (Å²) < 4.78 is 15.6. The van der Waals surface area contributed by atoms with Crippen LogP contribution in [-0.2, 0) is 0 Å². The minimum atomic E-state index is -0.925. The molecule has 1 aliphatic heterocycles. The van der Waals surface area contributed by atoms with E-state index >= 15 is 0 Å². The summed E-state index contributed by atoms with van der Waals surface area (Å²) in [6.45, 7) is 0.839. The minimum Gasteiger partial charge on any atom is -0.465 e. The Bertz CT molecular complexity index is 1940. The summed E-state index contributed by atoms with van der Waals surface area (Å²) in [5.41, 5.74) is 3.70. The SMILES string of the molecule is N#Cc1cnc2c(Cl)cc(N[C@H](c3ccc(Cl)cc3)c3cn(C4CCN(C(=O)O)CC4)nn3)cc2c1Nc1ccc(F)c(Cl)c1. The van der Waals surface area contributed by atoms with Crippen LogP contribution in [0, 0.1) is 17.1 Å². The Kier molecular flexibility index (Phi) is 8.63. The van der Waals surface area contributed by atoms with Gasteiger partial charge in [0.2, 0.25) is 0 Å². The topological polar surface area (TPSA) is 132 Å². The highest BCUT2D eigenvalue weighted by Gasteiger charge is 2.26. The van der Waals surface area contributed by atoms with E-state index in [1.165, 1.54) is 29.3 Å². The highest BCUT2D eigenvalue weighted by atomic mass is 35.5. The third-order valence-corrected chi connectivity index (χ3v) is 8.51. The molecular weight excluding hydrogens is 642 g/mol. The second-order valence-electron chi connectivity index (χ2n) is 10.5. The first kappa shape index (κ1) is 30.4. The molecule has 10 nitrogen and oxygen atoms in total. The van der Waals surface area contributed by atoms with Crippen LogP contribution in [-0.4, -0.2) is 49.2 Å². The van der Waals surface area contributed by atoms with E-state index in [1.54, 1.807) is 22.9 Å². The van der Waals surface area contributed by atoms with Gasteiger partial charge in [0.25, 0.3) is 0 Å². The second kappa shape index (κ2) is 12.8. The molecule has 14 heteroatoms. The molecule has 0 bridgehead atoms. The average Bonchev–Trinajstić information content (AvgIpc) is 3.53. The lowest BCUT2D eigenvalue weighted by atomic mass is 10.0. The maximum Gasteiger partial charge on any atom is 0.407 e. The van der Waals surface area contributed by atoms with Crippen molar-refractivity contribution in [3.05, 3.63) is 105 Å². The summed E-state index contributed by atoms with van der Waals surface area (Å²) in [7, 11) is 0. The molecule has 3 heterocycles. The number of hydrogen-bond donors (Lipinski definition) is 3. The number of halogens is 4. The van der Waals surface area contributed by atoms with Crippen molar-refractivity contribution in [3.63, 3.8) is 0 Å². The van der Waals surface area contributed by atoms with Crippen LogP contribution in [0.3, 0.4) is 0 Å². The molecule has 0 aliphatic carbocycles. The first-order chi connectivity index (χ1) is 21.7. The van der Waals surface area contributed by atoms with Crippen LogP contribution in [0.2, 0.25) is 15.1 Å². The number of carboxylic acid groups (broad SMARTS) is 1. The molecule has 1 atom stereocenters. The molecule has 0 saturated carbocycles. The van der Waals surface area contributed by atoms with Crippen LogP contribution >= 0.6 is 34.8 Å². The van der Waals surface area contributed by atoms with Gasteiger partial charge in [0.05, 0.1) is 45.1 Å². The normalized spacial score (nSPS) is 14.2. The lowest BCUT2D eigenvalue weighted by Crippen LogP contribution is -2.38. The molecule has 0 spiro atoms. The molecule has 1 saturated heterocycles. The molecule has 0 radical (unpaired) electrons. The van der Waals surface area contributed by atoms with Crippen molar-refractivity contribution in [2.75, 3.05) is 23.7 Å². The number of amides is 1. The van der Waals surface area contributed by atoms with Gasteiger partial charge in [-0.2, -0.15) is 5.26 Å². The summed E-state index contributed by atoms with van der Waals surface area (Å²) in [6, 6.07) is 16.7. The zero-order valence-electron chi connectivity index (χ0n) is 23.4. The third-order valence-electron chi connectivity index (χ3n) is 7.68. The molecule has 6 rings (SSSR count). The van der Waals surface area contributed by atoms with Gasteiger partial charge in [0, 0.05) is 41.1 Å². The molecule has 1 aliphatic rings. The van der Waals surface area contributed by atoms with E-state index in [4.69, 9.17) is 34.8 Å². The number of fused-ring (bicyclic) bond motifs is 1. The lowest BCUT2D eigenvalue weighted by molar-refractivity contribution is 0.123. The molecular formula is C31H24Cl3FN8O2. The van der Waals surface area contributed by atoms with E-state index in [0.29, 0.717) is 69.6 Å². The van der Waals surface area contributed by atoms with Gasteiger partial charge in [-0.05, 0) is 60.9 Å². The monoisotopic (exact) mass is 664 g/mol. The zero-order chi connectivity index (χ0) is 31.7. The Hall–Kier alpha value is -4.63. The van der Waals surface area contributed by atoms with Gasteiger partial charge in [0.15, 0.2) is 0 Å². The maximum absolute atomic E-state index is 13.8. The third kappa shape index (κ3) is 6.44. The Morgan fingerprint density at radius 3 is 2.47 bits per heavy atom. The number of aromatic nitrogens is 4. The lowest BCUT2D eigenvalue weighted by Gasteiger charge is -2.29. The number of benzene rings is 3. The van der Waals surface area contributed by atoms with Gasteiger partial charge < -0.3 is 20.6 Å². The highest BCUT2D eigenvalue weighted by molar-refractivity contribution is 6.36. The van der Waals surface area contributed by atoms with Crippen molar-refractivity contribution in [3.8, 4) is 6.07 Å². The predicted octanol–water partition coefficient (Wildman–Crippen LogP) is 8.06. The number of nitriles is 1. The van der Waals surface area contributed by atoms with Crippen molar-refractivity contribution in [1.29, 1.82) is 5.26 Å². The fourth-order valence-corrected chi connectivity index (χ4v) is 5.93. The van der Waals surface area contributed by atoms with E-state index in [-0.39, 0.29) is 16.6 Å². The van der Waals surface area contributed by atoms with Gasteiger partial charge in [-0.3, -0.25) is 4.98 Å². The Morgan fingerprint density at radius 2 is 1.78 bits per heavy atom. The summed E-state index contributed by atoms with van der Waals surface area (Å²) >= 11 is 18.9. The highest BCUT2D eigenvalue weighted by Crippen LogP contribution is 2.37. The summed E-state index contributed by atoms with van der Waals surface area (Å²) in [5.74, 6) is -0.562. The first-order valence-corrected chi connectivity index (χ1v) is 15.0. The quantitative estimate of drug-likeness (QED) is 0.159. The number of anilines is 3. The average molecular weight is 666 g/mol. The van der Waals surface area contributed by atoms with Crippen LogP contribution in [0.15, 0.2) is 67.0 Å². The van der Waals surface area contributed by atoms with Crippen LogP contribution in [0.1, 0.15) is 41.7 Å². The Morgan fingerprint density at radius 1 is 1.04 bits per heavy atom. The maximum atomic E-state index is 13.8. The number of carbonyl (C=O) groups is 1. The van der Waals surface area contributed by atoms with E-state index < -0.39 is 18.0 Å². The van der Waals surface area contributed by atoms with Crippen LogP contribution in [0.4, 0.5) is 26.2 Å². The number of likely N-dealkylation sites (tertiary alicyclic amines) is 1. The van der Waals surface area contributed by atoms with Gasteiger partial charge in [0.1, 0.15) is 17.6 Å². The predicted molar refractivity (Wildman–Crippen MR) is 171 cm³/mol. The second-order valence-corrected chi connectivity index (χ2v) is 11.8. The smallest absolute Gasteiger partial charge is 0.407 e. The fraction of sp³-hybridized carbons (Fsp3) is 0.194. The summed E-state index contributed by atoms with van der Waals surface area (Å²) in [4.78, 5) is 17.2. The van der Waals surface area contributed by atoms with Crippen LogP contribution < -0.4 is 10.6 Å². The minimum absolute atomic E-state index is 0.00639. The Labute approximate surface area is 271 Å². The van der Waals surface area contributed by atoms with Crippen LogP contribution in [0.25, 0.3) is 10.9 Å². The van der Waals surface area contributed by atoms with Crippen molar-refractivity contribution in [1.82, 2.24) is 24.9 Å². The summed E-state index contributed by atoms with van der Waals surface area (Å²) in [5, 5.41) is 36.2. The molecule has 3 aromatic carbocycles. The van der Waals surface area contributed by atoms with E-state index in [0.717, 1.165) is 5.56 Å². The molecule has 3 N–H and O–H groups in total. The van der Waals surface area contributed by atoms with E-state index in [9.17, 15) is 19.6 Å². The number of nitrogens with zero attached hydrogens (tertiary/aromatic N) is 6. The van der Waals surface area contributed by atoms with Crippen molar-refractivity contribution in [2.45, 2.75) is 24.9 Å². The van der Waals surface area contributed by atoms with Gasteiger partial charge in [-0.15, -0.1) is 5.10 Å². The summed E-state index contributed by atoms with van der Waals surface area (Å²) in [6.07, 6.45) is 3.60.